The van der Waals surface area contributed by atoms with Crippen LogP contribution in [-0.2, 0) is 11.3 Å². The molecule has 0 bridgehead atoms. The number of hydrogen-bond donors (Lipinski definition) is 1. The number of allylic oxidation sites excluding steroid dienone is 1. The first-order chi connectivity index (χ1) is 15.7. The Hall–Kier alpha value is -3.78. The summed E-state index contributed by atoms with van der Waals surface area (Å²) >= 11 is 1.29. The molecule has 0 aliphatic carbocycles. The van der Waals surface area contributed by atoms with E-state index in [1.54, 1.807) is 18.5 Å². The maximum absolute atomic E-state index is 13.2. The molecule has 2 heterocycles. The summed E-state index contributed by atoms with van der Waals surface area (Å²) in [4.78, 5) is 17.3. The van der Waals surface area contributed by atoms with Crippen molar-refractivity contribution in [3.63, 3.8) is 0 Å². The Balaban J connectivity index is 1.67. The van der Waals surface area contributed by atoms with Crippen LogP contribution in [0.15, 0.2) is 96.9 Å². The monoisotopic (exact) mass is 445 g/mol. The van der Waals surface area contributed by atoms with Crippen molar-refractivity contribution in [2.45, 2.75) is 17.0 Å². The molecule has 0 unspecified atom stereocenters. The zero-order chi connectivity index (χ0) is 22.3. The van der Waals surface area contributed by atoms with Gasteiger partial charge in [0.1, 0.15) is 11.1 Å². The normalized spacial score (nSPS) is 11.7. The van der Waals surface area contributed by atoms with Gasteiger partial charge in [-0.3, -0.25) is 14.3 Å². The number of nitrogens with zero attached hydrogens (tertiary/aromatic N) is 4. The molecule has 0 saturated carbocycles. The molecule has 4 aromatic rings. The Labute approximate surface area is 189 Å². The average molecular weight is 446 g/mol. The number of carbonyl (C=O) groups is 1. The number of hydrogen-bond acceptors (Lipinski definition) is 5. The topological polar surface area (TPSA) is 72.7 Å². The van der Waals surface area contributed by atoms with Gasteiger partial charge < -0.3 is 5.32 Å². The van der Waals surface area contributed by atoms with Gasteiger partial charge in [0.05, 0.1) is 0 Å². The van der Waals surface area contributed by atoms with E-state index < -0.39 is 5.25 Å². The summed E-state index contributed by atoms with van der Waals surface area (Å²) in [5.74, 6) is 0.0603. The van der Waals surface area contributed by atoms with Gasteiger partial charge in [-0.2, -0.15) is 0 Å². The van der Waals surface area contributed by atoms with Crippen LogP contribution in [-0.4, -0.2) is 25.7 Å². The summed E-state index contributed by atoms with van der Waals surface area (Å²) in [7, 11) is 0. The van der Waals surface area contributed by atoms with E-state index in [9.17, 15) is 9.18 Å². The predicted molar refractivity (Wildman–Crippen MR) is 124 cm³/mol. The molecule has 0 spiro atoms. The Bertz CT molecular complexity index is 1200. The van der Waals surface area contributed by atoms with Crippen molar-refractivity contribution in [2.75, 3.05) is 5.32 Å². The van der Waals surface area contributed by atoms with Crippen molar-refractivity contribution in [2.24, 2.45) is 0 Å². The molecule has 32 heavy (non-hydrogen) atoms. The van der Waals surface area contributed by atoms with Crippen LogP contribution in [0.4, 0.5) is 10.1 Å². The van der Waals surface area contributed by atoms with Crippen molar-refractivity contribution in [3.8, 4) is 11.4 Å². The molecule has 0 aliphatic rings. The molecule has 1 amide bonds. The van der Waals surface area contributed by atoms with Gasteiger partial charge in [0.15, 0.2) is 11.0 Å². The van der Waals surface area contributed by atoms with Crippen LogP contribution in [0, 0.1) is 5.82 Å². The van der Waals surface area contributed by atoms with Gasteiger partial charge in [-0.1, -0.05) is 48.2 Å². The lowest BCUT2D eigenvalue weighted by Crippen LogP contribution is -2.19. The number of amides is 1. The number of carbonyl (C=O) groups excluding carboxylic acids is 1. The first-order valence-corrected chi connectivity index (χ1v) is 10.8. The summed E-state index contributed by atoms with van der Waals surface area (Å²) in [5.41, 5.74) is 2.20. The Morgan fingerprint density at radius 3 is 2.47 bits per heavy atom. The molecule has 6 nitrogen and oxygen atoms in total. The van der Waals surface area contributed by atoms with Crippen molar-refractivity contribution in [1.29, 1.82) is 0 Å². The fourth-order valence-electron chi connectivity index (χ4n) is 3.13. The number of nitrogens with one attached hydrogen (secondary N) is 1. The van der Waals surface area contributed by atoms with Crippen LogP contribution < -0.4 is 5.32 Å². The van der Waals surface area contributed by atoms with Crippen molar-refractivity contribution in [3.05, 3.63) is 103 Å². The minimum atomic E-state index is -0.598. The van der Waals surface area contributed by atoms with Crippen LogP contribution in [0.3, 0.4) is 0 Å². The summed E-state index contributed by atoms with van der Waals surface area (Å²) in [6.07, 6.45) is 5.14. The standard InChI is InChI=1S/C24H20FN5OS/c1-2-16-30-22(18-12-14-26-15-13-18)28-29-24(30)32-21(17-6-4-3-5-7-17)23(31)27-20-10-8-19(25)9-11-20/h2-15,21H,1,16H2,(H,27,31)/t21-/m1/s1. The second-order valence-corrected chi connectivity index (χ2v) is 7.92. The lowest BCUT2D eigenvalue weighted by molar-refractivity contribution is -0.115. The molecule has 0 aliphatic heterocycles. The Morgan fingerprint density at radius 2 is 1.78 bits per heavy atom. The number of thioether (sulfide) groups is 1. The zero-order valence-electron chi connectivity index (χ0n) is 17.1. The van der Waals surface area contributed by atoms with E-state index in [0.29, 0.717) is 23.2 Å². The minimum Gasteiger partial charge on any atom is -0.325 e. The van der Waals surface area contributed by atoms with Gasteiger partial charge in [0.2, 0.25) is 5.91 Å². The number of halogens is 1. The van der Waals surface area contributed by atoms with Gasteiger partial charge in [0, 0.05) is 30.2 Å². The summed E-state index contributed by atoms with van der Waals surface area (Å²) in [6, 6.07) is 18.8. The second-order valence-electron chi connectivity index (χ2n) is 6.85. The fourth-order valence-corrected chi connectivity index (χ4v) is 4.18. The smallest absolute Gasteiger partial charge is 0.242 e. The van der Waals surface area contributed by atoms with Crippen LogP contribution in [0.2, 0.25) is 0 Å². The third-order valence-corrected chi connectivity index (χ3v) is 5.88. The molecule has 0 fully saturated rings. The van der Waals surface area contributed by atoms with Crippen molar-refractivity contribution < 1.29 is 9.18 Å². The van der Waals surface area contributed by atoms with Gasteiger partial charge in [-0.25, -0.2) is 4.39 Å². The molecule has 0 saturated heterocycles. The van der Waals surface area contributed by atoms with Gasteiger partial charge in [-0.15, -0.1) is 16.8 Å². The summed E-state index contributed by atoms with van der Waals surface area (Å²) in [5, 5.41) is 11.6. The number of benzene rings is 2. The molecule has 8 heteroatoms. The third kappa shape index (κ3) is 4.92. The first kappa shape index (κ1) is 21.5. The van der Waals surface area contributed by atoms with Gasteiger partial charge in [0.25, 0.3) is 0 Å². The average Bonchev–Trinajstić information content (AvgIpc) is 3.22. The van der Waals surface area contributed by atoms with Crippen LogP contribution in [0.5, 0.6) is 0 Å². The minimum absolute atomic E-state index is 0.244. The van der Waals surface area contributed by atoms with Crippen LogP contribution in [0.25, 0.3) is 11.4 Å². The van der Waals surface area contributed by atoms with Crippen molar-refractivity contribution >= 4 is 23.4 Å². The molecular weight excluding hydrogens is 425 g/mol. The van der Waals surface area contributed by atoms with E-state index in [-0.39, 0.29) is 11.7 Å². The number of anilines is 1. The molecule has 4 rings (SSSR count). The molecule has 0 radical (unpaired) electrons. The highest BCUT2D eigenvalue weighted by atomic mass is 32.2. The molecule has 1 N–H and O–H groups in total. The van der Waals surface area contributed by atoms with Crippen LogP contribution in [0.1, 0.15) is 10.8 Å². The lowest BCUT2D eigenvalue weighted by Gasteiger charge is -2.17. The highest BCUT2D eigenvalue weighted by Gasteiger charge is 2.26. The van der Waals surface area contributed by atoms with E-state index in [4.69, 9.17) is 0 Å². The fraction of sp³-hybridized carbons (Fsp3) is 0.0833. The second kappa shape index (κ2) is 10.0. The maximum Gasteiger partial charge on any atom is 0.242 e. The van der Waals surface area contributed by atoms with Crippen LogP contribution >= 0.6 is 11.8 Å². The van der Waals surface area contributed by atoms with E-state index in [1.165, 1.54) is 36.0 Å². The molecule has 2 aromatic heterocycles. The SMILES string of the molecule is C=CCn1c(S[C@@H](C(=O)Nc2ccc(F)cc2)c2ccccc2)nnc1-c1ccncc1. The molecule has 2 aromatic carbocycles. The molecule has 160 valence electrons. The van der Waals surface area contributed by atoms with E-state index in [1.807, 2.05) is 47.0 Å². The van der Waals surface area contributed by atoms with Crippen molar-refractivity contribution in [1.82, 2.24) is 19.7 Å². The molecule has 1 atom stereocenters. The summed E-state index contributed by atoms with van der Waals surface area (Å²) < 4.78 is 15.2. The zero-order valence-corrected chi connectivity index (χ0v) is 17.9. The highest BCUT2D eigenvalue weighted by molar-refractivity contribution is 8.00. The Morgan fingerprint density at radius 1 is 1.06 bits per heavy atom. The van der Waals surface area contributed by atoms with Gasteiger partial charge >= 0.3 is 0 Å². The number of aromatic nitrogens is 4. The van der Waals surface area contributed by atoms with E-state index in [0.717, 1.165) is 11.1 Å². The van der Waals surface area contributed by atoms with E-state index in [2.05, 4.69) is 27.1 Å². The van der Waals surface area contributed by atoms with Gasteiger partial charge in [-0.05, 0) is 42.0 Å². The quantitative estimate of drug-likeness (QED) is 0.300. The maximum atomic E-state index is 13.2. The largest absolute Gasteiger partial charge is 0.325 e. The first-order valence-electron chi connectivity index (χ1n) is 9.88. The number of rotatable bonds is 8. The summed E-state index contributed by atoms with van der Waals surface area (Å²) in [6.45, 7) is 4.32. The molecular formula is C24H20FN5OS. The lowest BCUT2D eigenvalue weighted by atomic mass is 10.1. The Kier molecular flexibility index (Phi) is 6.72. The third-order valence-electron chi connectivity index (χ3n) is 4.64. The number of pyridine rings is 1. The highest BCUT2D eigenvalue weighted by Crippen LogP contribution is 2.36. The predicted octanol–water partition coefficient (Wildman–Crippen LogP) is 5.14. The van der Waals surface area contributed by atoms with E-state index >= 15 is 0 Å².